The number of amides is 1. The first-order valence-corrected chi connectivity index (χ1v) is 9.74. The van der Waals surface area contributed by atoms with Crippen LogP contribution in [0.2, 0.25) is 0 Å². The van der Waals surface area contributed by atoms with Crippen molar-refractivity contribution in [3.05, 3.63) is 30.1 Å². The fourth-order valence-electron chi connectivity index (χ4n) is 4.52. The largest absolute Gasteiger partial charge is 0.355 e. The number of hydrogen-bond acceptors (Lipinski definition) is 3. The van der Waals surface area contributed by atoms with E-state index in [-0.39, 0.29) is 11.3 Å². The van der Waals surface area contributed by atoms with Crippen LogP contribution in [0.5, 0.6) is 0 Å². The van der Waals surface area contributed by atoms with E-state index in [4.69, 9.17) is 0 Å². The number of likely N-dealkylation sites (tertiary alicyclic amines) is 1. The third-order valence-corrected chi connectivity index (χ3v) is 5.83. The van der Waals surface area contributed by atoms with Crippen LogP contribution in [0.4, 0.5) is 0 Å². The minimum Gasteiger partial charge on any atom is -0.355 e. The number of carbonyl (C=O) groups is 1. The van der Waals surface area contributed by atoms with E-state index in [9.17, 15) is 4.79 Å². The second kappa shape index (κ2) is 7.21. The lowest BCUT2D eigenvalue weighted by molar-refractivity contribution is -0.119. The summed E-state index contributed by atoms with van der Waals surface area (Å²) in [5.41, 5.74) is 2.28. The van der Waals surface area contributed by atoms with Gasteiger partial charge in [0.05, 0.1) is 11.0 Å². The summed E-state index contributed by atoms with van der Waals surface area (Å²) < 4.78 is 2.24. The quantitative estimate of drug-likeness (QED) is 0.636. The first-order valence-electron chi connectivity index (χ1n) is 9.74. The Balaban J connectivity index is 1.39. The number of nitrogens with zero attached hydrogens (tertiary/aromatic N) is 4. The highest BCUT2D eigenvalue weighted by Crippen LogP contribution is 2.35. The molecule has 2 aliphatic heterocycles. The Morgan fingerprint density at radius 3 is 3.04 bits per heavy atom. The molecule has 1 spiro atoms. The molecule has 4 rings (SSSR count). The number of carbonyl (C=O) groups excluding carboxylic acids is 1. The molecule has 0 bridgehead atoms. The molecule has 1 unspecified atom stereocenters. The Kier molecular flexibility index (Phi) is 4.76. The maximum Gasteiger partial charge on any atom is 0.220 e. The average molecular weight is 368 g/mol. The molecule has 2 fully saturated rings. The number of piperidine rings is 1. The zero-order valence-corrected chi connectivity index (χ0v) is 16.2. The number of aryl methyl sites for hydroxylation is 1. The Hall–Kier alpha value is -2.57. The highest BCUT2D eigenvalue weighted by Gasteiger charge is 2.42. The van der Waals surface area contributed by atoms with Gasteiger partial charge < -0.3 is 20.1 Å². The monoisotopic (exact) mass is 368 g/mol. The number of fused-ring (bicyclic) bond motifs is 1. The predicted octanol–water partition coefficient (Wildman–Crippen LogP) is 1.52. The van der Waals surface area contributed by atoms with Gasteiger partial charge in [-0.1, -0.05) is 12.1 Å². The van der Waals surface area contributed by atoms with E-state index < -0.39 is 0 Å². The molecular weight excluding hydrogens is 340 g/mol. The molecule has 7 nitrogen and oxygen atoms in total. The summed E-state index contributed by atoms with van der Waals surface area (Å²) in [4.78, 5) is 23.2. The molecule has 2 saturated heterocycles. The number of benzene rings is 1. The molecule has 0 aliphatic carbocycles. The van der Waals surface area contributed by atoms with Crippen LogP contribution in [-0.4, -0.2) is 59.5 Å². The number of rotatable bonds is 3. The van der Waals surface area contributed by atoms with Crippen molar-refractivity contribution in [2.45, 2.75) is 32.7 Å². The SMILES string of the molecule is CN=C(NCCn1c(C)nc2ccccc21)N1CCCC2(CNC(=O)C2)C1. The molecule has 1 atom stereocenters. The number of aromatic nitrogens is 2. The molecule has 1 aromatic heterocycles. The summed E-state index contributed by atoms with van der Waals surface area (Å²) in [7, 11) is 1.83. The molecule has 0 radical (unpaired) electrons. The lowest BCUT2D eigenvalue weighted by Gasteiger charge is -2.40. The van der Waals surface area contributed by atoms with Crippen LogP contribution in [0.25, 0.3) is 11.0 Å². The molecule has 0 saturated carbocycles. The molecule has 7 heteroatoms. The third-order valence-electron chi connectivity index (χ3n) is 5.83. The van der Waals surface area contributed by atoms with Crippen molar-refractivity contribution in [3.63, 3.8) is 0 Å². The Morgan fingerprint density at radius 1 is 1.41 bits per heavy atom. The van der Waals surface area contributed by atoms with Gasteiger partial charge in [-0.05, 0) is 31.9 Å². The molecular formula is C20H28N6O. The summed E-state index contributed by atoms with van der Waals surface area (Å²) in [6.07, 6.45) is 2.85. The number of hydrogen-bond donors (Lipinski definition) is 2. The number of aliphatic imine (C=N–C) groups is 1. The van der Waals surface area contributed by atoms with Gasteiger partial charge in [-0.2, -0.15) is 0 Å². The fraction of sp³-hybridized carbons (Fsp3) is 0.550. The zero-order chi connectivity index (χ0) is 18.9. The summed E-state index contributed by atoms with van der Waals surface area (Å²) >= 11 is 0. The first-order chi connectivity index (χ1) is 13.1. The molecule has 3 heterocycles. The van der Waals surface area contributed by atoms with Crippen LogP contribution in [0.15, 0.2) is 29.3 Å². The lowest BCUT2D eigenvalue weighted by atomic mass is 9.79. The van der Waals surface area contributed by atoms with Crippen molar-refractivity contribution in [2.24, 2.45) is 10.4 Å². The Labute approximate surface area is 159 Å². The smallest absolute Gasteiger partial charge is 0.220 e. The maximum absolute atomic E-state index is 11.7. The van der Waals surface area contributed by atoms with E-state index in [1.165, 1.54) is 5.52 Å². The molecule has 2 aromatic rings. The van der Waals surface area contributed by atoms with Crippen molar-refractivity contribution in [2.75, 3.05) is 33.2 Å². The minimum atomic E-state index is 0.0735. The van der Waals surface area contributed by atoms with Gasteiger partial charge in [0, 0.05) is 51.6 Å². The van der Waals surface area contributed by atoms with Crippen molar-refractivity contribution in [1.82, 2.24) is 25.1 Å². The van der Waals surface area contributed by atoms with Crippen molar-refractivity contribution >= 4 is 22.9 Å². The van der Waals surface area contributed by atoms with Crippen LogP contribution in [0.3, 0.4) is 0 Å². The topological polar surface area (TPSA) is 74.6 Å². The number of nitrogens with one attached hydrogen (secondary N) is 2. The summed E-state index contributed by atoms with van der Waals surface area (Å²) in [5, 5.41) is 6.52. The summed E-state index contributed by atoms with van der Waals surface area (Å²) in [5.74, 6) is 2.14. The van der Waals surface area contributed by atoms with Gasteiger partial charge in [-0.25, -0.2) is 4.98 Å². The van der Waals surface area contributed by atoms with Crippen LogP contribution in [0.1, 0.15) is 25.1 Å². The lowest BCUT2D eigenvalue weighted by Crippen LogP contribution is -2.51. The zero-order valence-electron chi connectivity index (χ0n) is 16.2. The summed E-state index contributed by atoms with van der Waals surface area (Å²) in [6, 6.07) is 8.24. The van der Waals surface area contributed by atoms with Crippen LogP contribution in [-0.2, 0) is 11.3 Å². The highest BCUT2D eigenvalue weighted by atomic mass is 16.1. The molecule has 144 valence electrons. The number of para-hydroxylation sites is 2. The van der Waals surface area contributed by atoms with Crippen molar-refractivity contribution < 1.29 is 4.79 Å². The van der Waals surface area contributed by atoms with Crippen molar-refractivity contribution in [1.29, 1.82) is 0 Å². The van der Waals surface area contributed by atoms with E-state index in [2.05, 4.69) is 48.3 Å². The molecule has 2 N–H and O–H groups in total. The molecule has 27 heavy (non-hydrogen) atoms. The first kappa shape index (κ1) is 17.8. The van der Waals surface area contributed by atoms with Crippen LogP contribution >= 0.6 is 0 Å². The van der Waals surface area contributed by atoms with Gasteiger partial charge >= 0.3 is 0 Å². The van der Waals surface area contributed by atoms with Gasteiger partial charge in [0.25, 0.3) is 0 Å². The second-order valence-electron chi connectivity index (χ2n) is 7.75. The normalized spacial score (nSPS) is 23.3. The maximum atomic E-state index is 11.7. The standard InChI is InChI=1S/C20H28N6O/c1-15-24-16-6-3-4-7-17(16)26(15)11-9-22-19(21-2)25-10-5-8-20(14-25)12-18(27)23-13-20/h3-4,6-7H,5,8-14H2,1-2H3,(H,21,22)(H,23,27). The highest BCUT2D eigenvalue weighted by molar-refractivity contribution is 5.82. The van der Waals surface area contributed by atoms with E-state index in [0.717, 1.165) is 62.9 Å². The minimum absolute atomic E-state index is 0.0735. The summed E-state index contributed by atoms with van der Waals surface area (Å²) in [6.45, 7) is 6.34. The third kappa shape index (κ3) is 3.50. The van der Waals surface area contributed by atoms with Crippen LogP contribution < -0.4 is 10.6 Å². The molecule has 1 amide bonds. The van der Waals surface area contributed by atoms with E-state index >= 15 is 0 Å². The Bertz CT molecular complexity index is 872. The van der Waals surface area contributed by atoms with E-state index in [1.807, 2.05) is 20.0 Å². The van der Waals surface area contributed by atoms with Gasteiger partial charge in [0.2, 0.25) is 5.91 Å². The molecule has 1 aromatic carbocycles. The van der Waals surface area contributed by atoms with Gasteiger partial charge in [0.1, 0.15) is 5.82 Å². The van der Waals surface area contributed by atoms with Crippen LogP contribution in [0, 0.1) is 12.3 Å². The van der Waals surface area contributed by atoms with Crippen molar-refractivity contribution in [3.8, 4) is 0 Å². The second-order valence-corrected chi connectivity index (χ2v) is 7.75. The van der Waals surface area contributed by atoms with E-state index in [0.29, 0.717) is 6.42 Å². The van der Waals surface area contributed by atoms with Gasteiger partial charge in [-0.15, -0.1) is 0 Å². The fourth-order valence-corrected chi connectivity index (χ4v) is 4.52. The number of guanidine groups is 1. The van der Waals surface area contributed by atoms with E-state index in [1.54, 1.807) is 0 Å². The van der Waals surface area contributed by atoms with Gasteiger partial charge in [-0.3, -0.25) is 9.79 Å². The number of imidazole rings is 1. The average Bonchev–Trinajstić information content (AvgIpc) is 3.18. The van der Waals surface area contributed by atoms with Gasteiger partial charge in [0.15, 0.2) is 5.96 Å². The molecule has 2 aliphatic rings. The predicted molar refractivity (Wildman–Crippen MR) is 107 cm³/mol. The Morgan fingerprint density at radius 2 is 2.26 bits per heavy atom.